The van der Waals surface area contributed by atoms with Crippen LogP contribution < -0.4 is 5.73 Å². The van der Waals surface area contributed by atoms with Crippen molar-refractivity contribution in [3.8, 4) is 0 Å². The van der Waals surface area contributed by atoms with Crippen LogP contribution in [0.1, 0.15) is 27.7 Å². The number of nitrogens with zero attached hydrogens (tertiary/aromatic N) is 1. The molecule has 2 N–H and O–H groups in total. The highest BCUT2D eigenvalue weighted by Gasteiger charge is 2.24. The summed E-state index contributed by atoms with van der Waals surface area (Å²) < 4.78 is 5.26. The van der Waals surface area contributed by atoms with Gasteiger partial charge in [0.15, 0.2) is 0 Å². The molecule has 0 bridgehead atoms. The van der Waals surface area contributed by atoms with Gasteiger partial charge in [-0.1, -0.05) is 27.7 Å². The molecule has 0 saturated carbocycles. The molecular weight excluding hydrogens is 188 g/mol. The van der Waals surface area contributed by atoms with Crippen LogP contribution in [0.15, 0.2) is 0 Å². The Morgan fingerprint density at radius 1 is 1.33 bits per heavy atom. The van der Waals surface area contributed by atoms with E-state index in [4.69, 9.17) is 10.5 Å². The summed E-state index contributed by atoms with van der Waals surface area (Å²) in [4.78, 5) is 2.36. The normalized spacial score (nSPS) is 15.0. The Hall–Kier alpha value is -0.120. The first-order chi connectivity index (χ1) is 6.84. The predicted molar refractivity (Wildman–Crippen MR) is 66.0 cm³/mol. The third-order valence-corrected chi connectivity index (χ3v) is 2.90. The van der Waals surface area contributed by atoms with Gasteiger partial charge in [-0.3, -0.25) is 0 Å². The lowest BCUT2D eigenvalue weighted by Gasteiger charge is -2.36. The van der Waals surface area contributed by atoms with E-state index in [1.165, 1.54) is 0 Å². The van der Waals surface area contributed by atoms with E-state index in [-0.39, 0.29) is 5.41 Å². The molecule has 0 saturated heterocycles. The second-order valence-corrected chi connectivity index (χ2v) is 5.55. The van der Waals surface area contributed by atoms with Crippen molar-refractivity contribution in [3.05, 3.63) is 0 Å². The van der Waals surface area contributed by atoms with Crippen molar-refractivity contribution in [3.63, 3.8) is 0 Å². The van der Waals surface area contributed by atoms with E-state index < -0.39 is 0 Å². The maximum absolute atomic E-state index is 5.75. The minimum atomic E-state index is 0.176. The molecule has 92 valence electrons. The van der Waals surface area contributed by atoms with E-state index in [0.717, 1.165) is 19.7 Å². The predicted octanol–water partition coefficient (Wildman–Crippen LogP) is 1.57. The Morgan fingerprint density at radius 3 is 2.20 bits per heavy atom. The Bertz CT molecular complexity index is 169. The first-order valence-electron chi connectivity index (χ1n) is 5.73. The Labute approximate surface area is 95.0 Å². The molecular formula is C12H28N2O. The molecule has 0 aliphatic heterocycles. The molecule has 0 aromatic heterocycles. The molecule has 0 aromatic carbocycles. The summed E-state index contributed by atoms with van der Waals surface area (Å²) in [6, 6.07) is 0.473. The molecule has 0 spiro atoms. The fourth-order valence-corrected chi connectivity index (χ4v) is 1.86. The number of methoxy groups -OCH3 is 1. The number of hydrogen-bond donors (Lipinski definition) is 1. The molecule has 0 heterocycles. The Morgan fingerprint density at radius 2 is 1.87 bits per heavy atom. The van der Waals surface area contributed by atoms with Gasteiger partial charge in [-0.25, -0.2) is 0 Å². The van der Waals surface area contributed by atoms with Crippen molar-refractivity contribution < 1.29 is 4.74 Å². The molecule has 3 heteroatoms. The van der Waals surface area contributed by atoms with Crippen molar-refractivity contribution in [2.24, 2.45) is 17.1 Å². The van der Waals surface area contributed by atoms with E-state index in [1.807, 2.05) is 0 Å². The van der Waals surface area contributed by atoms with Gasteiger partial charge < -0.3 is 15.4 Å². The number of ether oxygens (including phenoxy) is 1. The maximum Gasteiger partial charge on any atom is 0.0620 e. The van der Waals surface area contributed by atoms with E-state index in [9.17, 15) is 0 Å². The molecule has 0 rings (SSSR count). The van der Waals surface area contributed by atoms with E-state index in [0.29, 0.717) is 12.0 Å². The van der Waals surface area contributed by atoms with Crippen molar-refractivity contribution in [1.82, 2.24) is 4.90 Å². The van der Waals surface area contributed by atoms with Crippen LogP contribution in [0.5, 0.6) is 0 Å². The van der Waals surface area contributed by atoms with Gasteiger partial charge in [0, 0.05) is 19.7 Å². The van der Waals surface area contributed by atoms with Gasteiger partial charge in [0.05, 0.1) is 6.61 Å². The number of hydrogen-bond acceptors (Lipinski definition) is 3. The molecule has 15 heavy (non-hydrogen) atoms. The molecule has 0 radical (unpaired) electrons. The molecule has 3 nitrogen and oxygen atoms in total. The van der Waals surface area contributed by atoms with E-state index in [1.54, 1.807) is 7.11 Å². The van der Waals surface area contributed by atoms with Crippen LogP contribution in [0, 0.1) is 11.3 Å². The van der Waals surface area contributed by atoms with E-state index in [2.05, 4.69) is 39.6 Å². The second kappa shape index (κ2) is 6.46. The zero-order valence-electron chi connectivity index (χ0n) is 11.2. The molecule has 1 unspecified atom stereocenters. The summed E-state index contributed by atoms with van der Waals surface area (Å²) in [5.74, 6) is 0.600. The zero-order chi connectivity index (χ0) is 12.1. The Kier molecular flexibility index (Phi) is 6.41. The van der Waals surface area contributed by atoms with Gasteiger partial charge in [0.1, 0.15) is 0 Å². The monoisotopic (exact) mass is 216 g/mol. The molecule has 0 fully saturated rings. The maximum atomic E-state index is 5.75. The minimum absolute atomic E-state index is 0.176. The van der Waals surface area contributed by atoms with Crippen LogP contribution in [0.2, 0.25) is 0 Å². The molecule has 0 aromatic rings. The summed E-state index contributed by atoms with van der Waals surface area (Å²) in [5.41, 5.74) is 5.92. The van der Waals surface area contributed by atoms with Crippen LogP contribution in [-0.2, 0) is 4.74 Å². The SMILES string of the molecule is COCC(C(C)C)N(C)CC(C)(C)CN. The lowest BCUT2D eigenvalue weighted by atomic mass is 9.91. The standard InChI is InChI=1S/C12H28N2O/c1-10(2)11(7-15-6)14(5)9-12(3,4)8-13/h10-11H,7-9,13H2,1-6H3. The van der Waals surface area contributed by atoms with Crippen LogP contribution in [0.25, 0.3) is 0 Å². The van der Waals surface area contributed by atoms with Gasteiger partial charge in [-0.05, 0) is 24.9 Å². The number of likely N-dealkylation sites (N-methyl/N-ethyl adjacent to an activating group) is 1. The average molecular weight is 216 g/mol. The molecule has 0 amide bonds. The van der Waals surface area contributed by atoms with Crippen molar-refractivity contribution in [1.29, 1.82) is 0 Å². The molecule has 0 aliphatic carbocycles. The van der Waals surface area contributed by atoms with Crippen molar-refractivity contribution >= 4 is 0 Å². The molecule has 1 atom stereocenters. The fraction of sp³-hybridized carbons (Fsp3) is 1.00. The minimum Gasteiger partial charge on any atom is -0.383 e. The van der Waals surface area contributed by atoms with Gasteiger partial charge in [0.25, 0.3) is 0 Å². The quantitative estimate of drug-likeness (QED) is 0.702. The number of nitrogens with two attached hydrogens (primary N) is 1. The van der Waals surface area contributed by atoms with Crippen LogP contribution in [0.4, 0.5) is 0 Å². The summed E-state index contributed by atoms with van der Waals surface area (Å²) in [6.07, 6.45) is 0. The smallest absolute Gasteiger partial charge is 0.0620 e. The van der Waals surface area contributed by atoms with Gasteiger partial charge in [0.2, 0.25) is 0 Å². The van der Waals surface area contributed by atoms with Gasteiger partial charge in [-0.2, -0.15) is 0 Å². The summed E-state index contributed by atoms with van der Waals surface area (Å²) in [7, 11) is 3.92. The topological polar surface area (TPSA) is 38.5 Å². The summed E-state index contributed by atoms with van der Waals surface area (Å²) >= 11 is 0. The Balaban J connectivity index is 4.31. The summed E-state index contributed by atoms with van der Waals surface area (Å²) in [6.45, 7) is 11.4. The van der Waals surface area contributed by atoms with Gasteiger partial charge >= 0.3 is 0 Å². The number of rotatable bonds is 7. The largest absolute Gasteiger partial charge is 0.383 e. The van der Waals surface area contributed by atoms with E-state index >= 15 is 0 Å². The lowest BCUT2D eigenvalue weighted by Crippen LogP contribution is -2.46. The van der Waals surface area contributed by atoms with Crippen LogP contribution >= 0.6 is 0 Å². The van der Waals surface area contributed by atoms with Crippen molar-refractivity contribution in [2.75, 3.05) is 33.9 Å². The van der Waals surface area contributed by atoms with Crippen LogP contribution in [-0.4, -0.2) is 44.8 Å². The zero-order valence-corrected chi connectivity index (χ0v) is 11.2. The third kappa shape index (κ3) is 5.50. The second-order valence-electron chi connectivity index (χ2n) is 5.55. The van der Waals surface area contributed by atoms with Gasteiger partial charge in [-0.15, -0.1) is 0 Å². The highest BCUT2D eigenvalue weighted by molar-refractivity contribution is 4.79. The first-order valence-corrected chi connectivity index (χ1v) is 5.73. The van der Waals surface area contributed by atoms with Crippen molar-refractivity contribution in [2.45, 2.75) is 33.7 Å². The fourth-order valence-electron chi connectivity index (χ4n) is 1.86. The molecule has 0 aliphatic rings. The highest BCUT2D eigenvalue weighted by atomic mass is 16.5. The summed E-state index contributed by atoms with van der Waals surface area (Å²) in [5, 5.41) is 0. The lowest BCUT2D eigenvalue weighted by molar-refractivity contribution is 0.0597. The third-order valence-electron chi connectivity index (χ3n) is 2.90. The van der Waals surface area contributed by atoms with Crippen LogP contribution in [0.3, 0.4) is 0 Å². The first kappa shape index (κ1) is 14.9. The highest BCUT2D eigenvalue weighted by Crippen LogP contribution is 2.18. The average Bonchev–Trinajstić information content (AvgIpc) is 2.12.